The van der Waals surface area contributed by atoms with Crippen LogP contribution in [0.4, 0.5) is 5.69 Å². The Hall–Kier alpha value is -2.70. The molecule has 24 heavy (non-hydrogen) atoms. The molecule has 124 valence electrons. The van der Waals surface area contributed by atoms with Crippen molar-refractivity contribution in [2.45, 2.75) is 19.3 Å². The van der Waals surface area contributed by atoms with E-state index in [-0.39, 0.29) is 52.3 Å². The molecule has 0 radical (unpaired) electrons. The van der Waals surface area contributed by atoms with Crippen LogP contribution < -0.4 is 4.90 Å². The number of hydrogen-bond donors (Lipinski definition) is 2. The molecule has 1 aliphatic heterocycles. The maximum Gasteiger partial charge on any atom is 0.335 e. The monoisotopic (exact) mass is 329 g/mol. The first-order valence-corrected chi connectivity index (χ1v) is 7.88. The molecule has 4 rings (SSSR count). The van der Waals surface area contributed by atoms with Gasteiger partial charge in [-0.05, 0) is 49.3 Å². The number of hydrogen-bond acceptors (Lipinski definition) is 4. The lowest BCUT2D eigenvalue weighted by atomic mass is 9.81. The van der Waals surface area contributed by atoms with Gasteiger partial charge >= 0.3 is 11.9 Å². The van der Waals surface area contributed by atoms with E-state index in [1.165, 1.54) is 12.1 Å². The van der Waals surface area contributed by atoms with E-state index in [0.717, 1.165) is 30.2 Å². The Bertz CT molecular complexity index is 740. The average Bonchev–Trinajstić information content (AvgIpc) is 3.21. The second kappa shape index (κ2) is 4.90. The van der Waals surface area contributed by atoms with Gasteiger partial charge < -0.3 is 10.2 Å². The fraction of sp³-hybridized carbons (Fsp3) is 0.412. The van der Waals surface area contributed by atoms with E-state index in [4.69, 9.17) is 10.2 Å². The first kappa shape index (κ1) is 14.9. The number of rotatable bonds is 3. The van der Waals surface area contributed by atoms with Crippen molar-refractivity contribution >= 4 is 29.4 Å². The predicted molar refractivity (Wildman–Crippen MR) is 80.7 cm³/mol. The third-order valence-electron chi connectivity index (χ3n) is 5.60. The lowest BCUT2D eigenvalue weighted by molar-refractivity contribution is -0.123. The van der Waals surface area contributed by atoms with E-state index in [0.29, 0.717) is 0 Å². The Morgan fingerprint density at radius 2 is 1.33 bits per heavy atom. The van der Waals surface area contributed by atoms with Crippen LogP contribution in [0.15, 0.2) is 18.2 Å². The molecule has 2 N–H and O–H groups in total. The van der Waals surface area contributed by atoms with Crippen LogP contribution in [-0.2, 0) is 9.59 Å². The molecular weight excluding hydrogens is 314 g/mol. The summed E-state index contributed by atoms with van der Waals surface area (Å²) in [5, 5.41) is 18.3. The number of carboxylic acids is 2. The Balaban J connectivity index is 1.79. The minimum absolute atomic E-state index is 0.0381. The smallest absolute Gasteiger partial charge is 0.335 e. The van der Waals surface area contributed by atoms with Gasteiger partial charge in [0.1, 0.15) is 0 Å². The molecule has 2 bridgehead atoms. The van der Waals surface area contributed by atoms with Crippen LogP contribution in [0.3, 0.4) is 0 Å². The van der Waals surface area contributed by atoms with Gasteiger partial charge in [0.05, 0.1) is 28.7 Å². The molecule has 2 amide bonds. The molecule has 1 aromatic carbocycles. The molecule has 1 heterocycles. The summed E-state index contributed by atoms with van der Waals surface area (Å²) in [5.74, 6) is -3.51. The number of anilines is 1. The summed E-state index contributed by atoms with van der Waals surface area (Å²) in [6.45, 7) is 0. The summed E-state index contributed by atoms with van der Waals surface area (Å²) in [4.78, 5) is 49.0. The highest BCUT2D eigenvalue weighted by Gasteiger charge is 2.61. The van der Waals surface area contributed by atoms with E-state index in [9.17, 15) is 19.2 Å². The van der Waals surface area contributed by atoms with Crippen LogP contribution in [0.1, 0.15) is 40.0 Å². The molecule has 7 heteroatoms. The van der Waals surface area contributed by atoms with Gasteiger partial charge in [0.2, 0.25) is 11.8 Å². The van der Waals surface area contributed by atoms with E-state index >= 15 is 0 Å². The van der Waals surface area contributed by atoms with Gasteiger partial charge in [0.25, 0.3) is 0 Å². The van der Waals surface area contributed by atoms with Gasteiger partial charge in [-0.2, -0.15) is 0 Å². The quantitative estimate of drug-likeness (QED) is 0.815. The number of carboxylic acid groups (broad SMARTS) is 2. The fourth-order valence-electron chi connectivity index (χ4n) is 4.65. The van der Waals surface area contributed by atoms with E-state index in [2.05, 4.69) is 0 Å². The summed E-state index contributed by atoms with van der Waals surface area (Å²) in [6.07, 6.45) is 2.78. The van der Waals surface area contributed by atoms with Crippen LogP contribution in [0.5, 0.6) is 0 Å². The molecule has 4 atom stereocenters. The second-order valence-corrected chi connectivity index (χ2v) is 6.78. The van der Waals surface area contributed by atoms with Crippen molar-refractivity contribution in [2.24, 2.45) is 23.7 Å². The minimum Gasteiger partial charge on any atom is -0.478 e. The Morgan fingerprint density at radius 1 is 0.875 bits per heavy atom. The number of benzene rings is 1. The van der Waals surface area contributed by atoms with Gasteiger partial charge in [-0.15, -0.1) is 0 Å². The maximum atomic E-state index is 12.8. The summed E-state index contributed by atoms with van der Waals surface area (Å²) in [5.41, 5.74) is -0.479. The van der Waals surface area contributed by atoms with E-state index < -0.39 is 11.9 Å². The zero-order chi connectivity index (χ0) is 17.2. The SMILES string of the molecule is O=C(O)c1cc(C(=O)O)cc(N2C(=O)C3C4CCC(C4)C3C2=O)c1. The molecule has 2 saturated carbocycles. The average molecular weight is 329 g/mol. The van der Waals surface area contributed by atoms with Crippen LogP contribution in [0.25, 0.3) is 0 Å². The van der Waals surface area contributed by atoms with Crippen LogP contribution in [0, 0.1) is 23.7 Å². The highest BCUT2D eigenvalue weighted by Crippen LogP contribution is 2.56. The van der Waals surface area contributed by atoms with Crippen molar-refractivity contribution in [3.63, 3.8) is 0 Å². The van der Waals surface area contributed by atoms with Crippen molar-refractivity contribution in [1.29, 1.82) is 0 Å². The molecule has 1 aromatic rings. The minimum atomic E-state index is -1.31. The lowest BCUT2D eigenvalue weighted by Crippen LogP contribution is -2.33. The summed E-state index contributed by atoms with van der Waals surface area (Å²) in [6, 6.07) is 3.39. The summed E-state index contributed by atoms with van der Waals surface area (Å²) >= 11 is 0. The number of carbonyl (C=O) groups is 4. The third kappa shape index (κ3) is 1.90. The van der Waals surface area contributed by atoms with Crippen molar-refractivity contribution in [3.05, 3.63) is 29.3 Å². The van der Waals surface area contributed by atoms with E-state index in [1.807, 2.05) is 0 Å². The molecule has 7 nitrogen and oxygen atoms in total. The Labute approximate surface area is 136 Å². The molecule has 3 aliphatic rings. The van der Waals surface area contributed by atoms with Crippen LogP contribution in [0.2, 0.25) is 0 Å². The molecular formula is C17H15NO6. The highest BCUT2D eigenvalue weighted by atomic mass is 16.4. The molecule has 3 fully saturated rings. The summed E-state index contributed by atoms with van der Waals surface area (Å²) < 4.78 is 0. The fourth-order valence-corrected chi connectivity index (χ4v) is 4.65. The molecule has 0 spiro atoms. The molecule has 2 aliphatic carbocycles. The Morgan fingerprint density at radius 3 is 1.75 bits per heavy atom. The van der Waals surface area contributed by atoms with Gasteiger partial charge in [-0.1, -0.05) is 0 Å². The lowest BCUT2D eigenvalue weighted by Gasteiger charge is -2.19. The first-order chi connectivity index (χ1) is 11.4. The van der Waals surface area contributed by atoms with Gasteiger partial charge in [-0.3, -0.25) is 9.59 Å². The number of aromatic carboxylic acids is 2. The molecule has 0 aromatic heterocycles. The van der Waals surface area contributed by atoms with E-state index in [1.54, 1.807) is 0 Å². The standard InChI is InChI=1S/C17H15NO6/c19-14-12-7-1-2-8(3-7)13(12)15(20)18(14)11-5-9(16(21)22)4-10(6-11)17(23)24/h4-8,12-13H,1-3H2,(H,21,22)(H,23,24). The number of carbonyl (C=O) groups excluding carboxylic acids is 2. The zero-order valence-corrected chi connectivity index (χ0v) is 12.6. The largest absolute Gasteiger partial charge is 0.478 e. The molecule has 4 unspecified atom stereocenters. The predicted octanol–water partition coefficient (Wildman–Crippen LogP) is 1.62. The van der Waals surface area contributed by atoms with Crippen LogP contribution in [-0.4, -0.2) is 34.0 Å². The van der Waals surface area contributed by atoms with Gasteiger partial charge in [-0.25, -0.2) is 14.5 Å². The number of amides is 2. The van der Waals surface area contributed by atoms with Crippen molar-refractivity contribution in [1.82, 2.24) is 0 Å². The normalized spacial score (nSPS) is 30.8. The number of nitrogens with zero attached hydrogens (tertiary/aromatic N) is 1. The first-order valence-electron chi connectivity index (χ1n) is 7.88. The van der Waals surface area contributed by atoms with Gasteiger partial charge in [0, 0.05) is 0 Å². The topological polar surface area (TPSA) is 112 Å². The molecule has 1 saturated heterocycles. The van der Waals surface area contributed by atoms with Gasteiger partial charge in [0.15, 0.2) is 0 Å². The highest BCUT2D eigenvalue weighted by molar-refractivity contribution is 6.23. The second-order valence-electron chi connectivity index (χ2n) is 6.78. The van der Waals surface area contributed by atoms with Crippen molar-refractivity contribution in [2.75, 3.05) is 4.90 Å². The Kier molecular flexibility index (Phi) is 3.03. The van der Waals surface area contributed by atoms with Crippen molar-refractivity contribution in [3.8, 4) is 0 Å². The number of imide groups is 1. The third-order valence-corrected chi connectivity index (χ3v) is 5.60. The van der Waals surface area contributed by atoms with Crippen LogP contribution >= 0.6 is 0 Å². The maximum absolute atomic E-state index is 12.8. The number of fused-ring (bicyclic) bond motifs is 5. The van der Waals surface area contributed by atoms with Crippen molar-refractivity contribution < 1.29 is 29.4 Å². The zero-order valence-electron chi connectivity index (χ0n) is 12.6. The summed E-state index contributed by atoms with van der Waals surface area (Å²) in [7, 11) is 0.